The van der Waals surface area contributed by atoms with Crippen molar-refractivity contribution in [3.8, 4) is 0 Å². The van der Waals surface area contributed by atoms with Crippen molar-refractivity contribution in [2.24, 2.45) is 0 Å². The smallest absolute Gasteiger partial charge is 0.347 e. The molecule has 26 heavy (non-hydrogen) atoms. The number of benzene rings is 2. The third-order valence-corrected chi connectivity index (χ3v) is 4.84. The summed E-state index contributed by atoms with van der Waals surface area (Å²) in [4.78, 5) is 15.1. The van der Waals surface area contributed by atoms with Gasteiger partial charge in [-0.1, -0.05) is 72.3 Å². The van der Waals surface area contributed by atoms with Gasteiger partial charge in [0, 0.05) is 19.5 Å². The van der Waals surface area contributed by atoms with E-state index in [2.05, 4.69) is 18.0 Å². The summed E-state index contributed by atoms with van der Waals surface area (Å²) >= 11 is 0. The van der Waals surface area contributed by atoms with Crippen LogP contribution in [0.25, 0.3) is 0 Å². The van der Waals surface area contributed by atoms with Gasteiger partial charge in [0.15, 0.2) is 0 Å². The number of rotatable bonds is 6. The highest BCUT2D eigenvalue weighted by atomic mass is 16.5. The molecule has 1 heterocycles. The Morgan fingerprint density at radius 3 is 2.15 bits per heavy atom. The molecule has 1 aliphatic heterocycles. The van der Waals surface area contributed by atoms with Crippen LogP contribution in [0, 0.1) is 0 Å². The molecule has 0 unspecified atom stereocenters. The normalized spacial score (nSPS) is 15.4. The van der Waals surface area contributed by atoms with Gasteiger partial charge in [0.2, 0.25) is 5.60 Å². The second-order valence-electron chi connectivity index (χ2n) is 6.70. The van der Waals surface area contributed by atoms with E-state index in [-0.39, 0.29) is 6.61 Å². The standard InChI is InChI=1S/C22H25NO3/c1-23-15-12-18(13-16-23)14-17-26-21(24)22(25,19-8-4-2-5-9-19)20-10-6-3-7-11-20/h2-12,25H,13-17H2,1H3. The predicted octanol–water partition coefficient (Wildman–Crippen LogP) is 3.12. The molecule has 0 fully saturated rings. The molecule has 136 valence electrons. The van der Waals surface area contributed by atoms with Gasteiger partial charge in [0.1, 0.15) is 0 Å². The molecule has 4 nitrogen and oxygen atoms in total. The van der Waals surface area contributed by atoms with E-state index in [1.165, 1.54) is 5.57 Å². The Morgan fingerprint density at radius 2 is 1.65 bits per heavy atom. The zero-order valence-corrected chi connectivity index (χ0v) is 15.1. The summed E-state index contributed by atoms with van der Waals surface area (Å²) in [6.07, 6.45) is 3.90. The van der Waals surface area contributed by atoms with Crippen molar-refractivity contribution in [3.63, 3.8) is 0 Å². The molecule has 1 N–H and O–H groups in total. The number of likely N-dealkylation sites (N-methyl/N-ethyl adjacent to an activating group) is 1. The maximum atomic E-state index is 12.9. The molecule has 0 atom stereocenters. The fraction of sp³-hybridized carbons (Fsp3) is 0.318. The van der Waals surface area contributed by atoms with E-state index < -0.39 is 11.6 Å². The summed E-state index contributed by atoms with van der Waals surface area (Å²) in [6, 6.07) is 17.9. The van der Waals surface area contributed by atoms with E-state index in [9.17, 15) is 9.90 Å². The third-order valence-electron chi connectivity index (χ3n) is 4.84. The van der Waals surface area contributed by atoms with Gasteiger partial charge in [0.05, 0.1) is 6.61 Å². The van der Waals surface area contributed by atoms with Crippen molar-refractivity contribution in [1.29, 1.82) is 0 Å². The van der Waals surface area contributed by atoms with Crippen LogP contribution in [0.1, 0.15) is 24.0 Å². The summed E-state index contributed by atoms with van der Waals surface area (Å²) in [7, 11) is 2.09. The number of aliphatic hydroxyl groups is 1. The van der Waals surface area contributed by atoms with Crippen LogP contribution in [-0.4, -0.2) is 42.7 Å². The molecule has 0 spiro atoms. The Labute approximate surface area is 154 Å². The summed E-state index contributed by atoms with van der Waals surface area (Å²) < 4.78 is 5.50. The molecule has 2 aromatic rings. The number of ether oxygens (including phenoxy) is 1. The largest absolute Gasteiger partial charge is 0.463 e. The summed E-state index contributed by atoms with van der Waals surface area (Å²) in [5.74, 6) is -0.636. The van der Waals surface area contributed by atoms with Crippen LogP contribution >= 0.6 is 0 Å². The Balaban J connectivity index is 1.74. The lowest BCUT2D eigenvalue weighted by atomic mass is 9.86. The van der Waals surface area contributed by atoms with Crippen LogP contribution in [0.5, 0.6) is 0 Å². The lowest BCUT2D eigenvalue weighted by Crippen LogP contribution is -2.38. The topological polar surface area (TPSA) is 49.8 Å². The van der Waals surface area contributed by atoms with Gasteiger partial charge in [0.25, 0.3) is 0 Å². The number of esters is 1. The molecule has 0 radical (unpaired) electrons. The molecule has 0 bridgehead atoms. The van der Waals surface area contributed by atoms with Crippen LogP contribution in [0.15, 0.2) is 72.3 Å². The number of hydrogen-bond acceptors (Lipinski definition) is 4. The second-order valence-corrected chi connectivity index (χ2v) is 6.70. The molecule has 0 saturated heterocycles. The maximum Gasteiger partial charge on any atom is 0.347 e. The first kappa shape index (κ1) is 18.4. The first-order chi connectivity index (χ1) is 12.6. The van der Waals surface area contributed by atoms with E-state index in [0.717, 1.165) is 19.5 Å². The molecule has 0 aromatic heterocycles. The molecular formula is C22H25NO3. The van der Waals surface area contributed by atoms with Gasteiger partial charge in [-0.15, -0.1) is 0 Å². The Bertz CT molecular complexity index is 716. The van der Waals surface area contributed by atoms with E-state index in [4.69, 9.17) is 4.74 Å². The molecule has 2 aromatic carbocycles. The van der Waals surface area contributed by atoms with Gasteiger partial charge in [-0.2, -0.15) is 0 Å². The fourth-order valence-electron chi connectivity index (χ4n) is 3.18. The molecule has 0 amide bonds. The van der Waals surface area contributed by atoms with E-state index >= 15 is 0 Å². The van der Waals surface area contributed by atoms with Gasteiger partial charge in [-0.3, -0.25) is 0 Å². The van der Waals surface area contributed by atoms with Gasteiger partial charge in [-0.05, 0) is 24.6 Å². The highest BCUT2D eigenvalue weighted by Gasteiger charge is 2.41. The van der Waals surface area contributed by atoms with Crippen molar-refractivity contribution < 1.29 is 14.6 Å². The molecular weight excluding hydrogens is 326 g/mol. The molecule has 3 rings (SSSR count). The van der Waals surface area contributed by atoms with Crippen molar-refractivity contribution in [2.75, 3.05) is 26.7 Å². The molecule has 0 aliphatic carbocycles. The molecule has 1 aliphatic rings. The van der Waals surface area contributed by atoms with Crippen molar-refractivity contribution in [2.45, 2.75) is 18.4 Å². The molecule has 4 heteroatoms. The SMILES string of the molecule is CN1CC=C(CCOC(=O)C(O)(c2ccccc2)c2ccccc2)CC1. The van der Waals surface area contributed by atoms with Crippen LogP contribution in [0.3, 0.4) is 0 Å². The Morgan fingerprint density at radius 1 is 1.08 bits per heavy atom. The first-order valence-corrected chi connectivity index (χ1v) is 8.98. The second kappa shape index (κ2) is 8.30. The van der Waals surface area contributed by atoms with Crippen molar-refractivity contribution in [3.05, 3.63) is 83.4 Å². The summed E-state index contributed by atoms with van der Waals surface area (Å²) in [6.45, 7) is 2.23. The van der Waals surface area contributed by atoms with Crippen molar-refractivity contribution in [1.82, 2.24) is 4.90 Å². The van der Waals surface area contributed by atoms with Crippen LogP contribution < -0.4 is 0 Å². The van der Waals surface area contributed by atoms with Crippen molar-refractivity contribution >= 4 is 5.97 Å². The number of carbonyl (C=O) groups excluding carboxylic acids is 1. The minimum absolute atomic E-state index is 0.274. The first-order valence-electron chi connectivity index (χ1n) is 8.98. The minimum atomic E-state index is -1.80. The highest BCUT2D eigenvalue weighted by molar-refractivity contribution is 5.85. The average Bonchev–Trinajstić information content (AvgIpc) is 2.70. The van der Waals surface area contributed by atoms with E-state index in [1.807, 2.05) is 12.1 Å². The van der Waals surface area contributed by atoms with Crippen LogP contribution in [0.2, 0.25) is 0 Å². The molecule has 0 saturated carbocycles. The van der Waals surface area contributed by atoms with Gasteiger partial charge in [-0.25, -0.2) is 4.79 Å². The number of hydrogen-bond donors (Lipinski definition) is 1. The Hall–Kier alpha value is -2.43. The monoisotopic (exact) mass is 351 g/mol. The maximum absolute atomic E-state index is 12.9. The number of nitrogens with zero attached hydrogens (tertiary/aromatic N) is 1. The van der Waals surface area contributed by atoms with E-state index in [1.54, 1.807) is 48.5 Å². The average molecular weight is 351 g/mol. The zero-order valence-electron chi connectivity index (χ0n) is 15.1. The fourth-order valence-corrected chi connectivity index (χ4v) is 3.18. The number of carbonyl (C=O) groups is 1. The van der Waals surface area contributed by atoms with Gasteiger partial charge >= 0.3 is 5.97 Å². The highest BCUT2D eigenvalue weighted by Crippen LogP contribution is 2.31. The van der Waals surface area contributed by atoms with Crippen LogP contribution in [-0.2, 0) is 15.1 Å². The predicted molar refractivity (Wildman–Crippen MR) is 102 cm³/mol. The summed E-state index contributed by atoms with van der Waals surface area (Å²) in [5.41, 5.74) is 0.521. The minimum Gasteiger partial charge on any atom is -0.463 e. The lowest BCUT2D eigenvalue weighted by molar-refractivity contribution is -0.162. The lowest BCUT2D eigenvalue weighted by Gasteiger charge is -2.27. The third kappa shape index (κ3) is 4.03. The van der Waals surface area contributed by atoms with E-state index in [0.29, 0.717) is 17.5 Å². The summed E-state index contributed by atoms with van der Waals surface area (Å²) in [5, 5.41) is 11.3. The van der Waals surface area contributed by atoms with Crippen LogP contribution in [0.4, 0.5) is 0 Å². The van der Waals surface area contributed by atoms with Gasteiger partial charge < -0.3 is 14.7 Å². The zero-order chi connectivity index (χ0) is 18.4. The quantitative estimate of drug-likeness (QED) is 0.642. The Kier molecular flexibility index (Phi) is 5.86.